The van der Waals surface area contributed by atoms with E-state index in [2.05, 4.69) is 15.3 Å². The maximum atomic E-state index is 13.2. The molecular formula is C21H21F3N4O3S2. The van der Waals surface area contributed by atoms with Crippen LogP contribution in [0.4, 0.5) is 18.9 Å². The van der Waals surface area contributed by atoms with Crippen molar-refractivity contribution in [2.24, 2.45) is 0 Å². The number of aromatic nitrogens is 2. The van der Waals surface area contributed by atoms with Crippen molar-refractivity contribution in [2.45, 2.75) is 35.2 Å². The Bertz CT molecular complexity index is 1310. The second-order valence-electron chi connectivity index (χ2n) is 7.38. The maximum absolute atomic E-state index is 13.2. The van der Waals surface area contributed by atoms with Gasteiger partial charge in [0.25, 0.3) is 0 Å². The third-order valence-electron chi connectivity index (χ3n) is 4.72. The molecule has 176 valence electrons. The molecule has 0 radical (unpaired) electrons. The van der Waals surface area contributed by atoms with Gasteiger partial charge < -0.3 is 5.32 Å². The van der Waals surface area contributed by atoms with Gasteiger partial charge in [0.05, 0.1) is 15.7 Å². The minimum Gasteiger partial charge on any atom is -0.325 e. The number of aryl methyl sites for hydroxylation is 1. The van der Waals surface area contributed by atoms with E-state index in [-0.39, 0.29) is 15.4 Å². The van der Waals surface area contributed by atoms with Gasteiger partial charge in [0.15, 0.2) is 0 Å². The molecule has 0 saturated heterocycles. The average Bonchev–Trinajstić information content (AvgIpc) is 2.74. The Morgan fingerprint density at radius 1 is 1.12 bits per heavy atom. The molecule has 1 aromatic heterocycles. The number of alkyl halides is 3. The van der Waals surface area contributed by atoms with Crippen LogP contribution >= 0.6 is 11.8 Å². The molecule has 1 amide bonds. The van der Waals surface area contributed by atoms with Crippen LogP contribution in [-0.2, 0) is 21.0 Å². The Kier molecular flexibility index (Phi) is 7.01. The highest BCUT2D eigenvalue weighted by Crippen LogP contribution is 2.34. The SMILES string of the molecule is Cc1ccc(S(=O)(=O)N(C)C)cc1NC(=O)[C@H](C)Sc1nc(C(F)(F)F)nc2ccccc12. The van der Waals surface area contributed by atoms with Crippen molar-refractivity contribution in [3.63, 3.8) is 0 Å². The van der Waals surface area contributed by atoms with E-state index in [1.807, 2.05) is 0 Å². The predicted octanol–water partition coefficient (Wildman–Crippen LogP) is 4.33. The molecule has 0 aliphatic heterocycles. The number of sulfonamides is 1. The van der Waals surface area contributed by atoms with Gasteiger partial charge in [-0.05, 0) is 37.6 Å². The summed E-state index contributed by atoms with van der Waals surface area (Å²) in [5.74, 6) is -1.80. The first-order valence-corrected chi connectivity index (χ1v) is 12.0. The van der Waals surface area contributed by atoms with Gasteiger partial charge in [-0.1, -0.05) is 36.0 Å². The number of hydrogen-bond acceptors (Lipinski definition) is 6. The van der Waals surface area contributed by atoms with E-state index in [0.29, 0.717) is 16.6 Å². The minimum atomic E-state index is -4.74. The van der Waals surface area contributed by atoms with Crippen molar-refractivity contribution in [1.82, 2.24) is 14.3 Å². The van der Waals surface area contributed by atoms with E-state index in [0.717, 1.165) is 16.1 Å². The Hall–Kier alpha value is -2.70. The van der Waals surface area contributed by atoms with E-state index in [9.17, 15) is 26.4 Å². The second-order valence-corrected chi connectivity index (χ2v) is 10.9. The van der Waals surface area contributed by atoms with Gasteiger partial charge in [0, 0.05) is 25.2 Å². The summed E-state index contributed by atoms with van der Waals surface area (Å²) < 4.78 is 65.6. The quantitative estimate of drug-likeness (QED) is 0.402. The number of para-hydroxylation sites is 1. The van der Waals surface area contributed by atoms with E-state index in [1.54, 1.807) is 31.2 Å². The lowest BCUT2D eigenvalue weighted by Gasteiger charge is -2.17. The highest BCUT2D eigenvalue weighted by atomic mass is 32.2. The number of carbonyl (C=O) groups excluding carboxylic acids is 1. The zero-order valence-electron chi connectivity index (χ0n) is 18.1. The zero-order chi connectivity index (χ0) is 24.6. The lowest BCUT2D eigenvalue weighted by atomic mass is 10.2. The number of fused-ring (bicyclic) bond motifs is 1. The average molecular weight is 499 g/mol. The van der Waals surface area contributed by atoms with E-state index < -0.39 is 33.2 Å². The van der Waals surface area contributed by atoms with Crippen molar-refractivity contribution in [3.05, 3.63) is 53.9 Å². The normalized spacial score (nSPS) is 13.3. The molecule has 12 heteroatoms. The molecule has 1 N–H and O–H groups in total. The van der Waals surface area contributed by atoms with Gasteiger partial charge in [-0.25, -0.2) is 22.7 Å². The number of thioether (sulfide) groups is 1. The van der Waals surface area contributed by atoms with Crippen LogP contribution in [-0.4, -0.2) is 47.9 Å². The van der Waals surface area contributed by atoms with Gasteiger partial charge in [0.1, 0.15) is 5.03 Å². The molecule has 0 fully saturated rings. The highest BCUT2D eigenvalue weighted by molar-refractivity contribution is 8.00. The Balaban J connectivity index is 1.89. The Morgan fingerprint density at radius 3 is 2.42 bits per heavy atom. The van der Waals surface area contributed by atoms with Gasteiger partial charge in [-0.3, -0.25) is 4.79 Å². The molecular weight excluding hydrogens is 477 g/mol. The molecule has 0 spiro atoms. The van der Waals surface area contributed by atoms with E-state index in [4.69, 9.17) is 0 Å². The fourth-order valence-electron chi connectivity index (χ4n) is 2.83. The lowest BCUT2D eigenvalue weighted by Crippen LogP contribution is -2.25. The number of amides is 1. The second kappa shape index (κ2) is 9.27. The smallest absolute Gasteiger partial charge is 0.325 e. The first kappa shape index (κ1) is 24.9. The number of anilines is 1. The van der Waals surface area contributed by atoms with Crippen molar-refractivity contribution in [2.75, 3.05) is 19.4 Å². The number of benzene rings is 2. The predicted molar refractivity (Wildman–Crippen MR) is 121 cm³/mol. The molecule has 1 heterocycles. The minimum absolute atomic E-state index is 0.00493. The van der Waals surface area contributed by atoms with Crippen LogP contribution in [0.2, 0.25) is 0 Å². The van der Waals surface area contributed by atoms with Crippen LogP contribution in [0.15, 0.2) is 52.4 Å². The summed E-state index contributed by atoms with van der Waals surface area (Å²) in [6.45, 7) is 3.23. The molecule has 3 aromatic rings. The summed E-state index contributed by atoms with van der Waals surface area (Å²) in [5, 5.41) is 2.25. The van der Waals surface area contributed by atoms with Crippen LogP contribution in [0.1, 0.15) is 18.3 Å². The molecule has 3 rings (SSSR count). The van der Waals surface area contributed by atoms with Crippen molar-refractivity contribution in [1.29, 1.82) is 0 Å². The first-order chi connectivity index (χ1) is 15.3. The summed E-state index contributed by atoms with van der Waals surface area (Å²) >= 11 is 0.862. The Morgan fingerprint density at radius 2 is 1.79 bits per heavy atom. The third-order valence-corrected chi connectivity index (χ3v) is 7.64. The fourth-order valence-corrected chi connectivity index (χ4v) is 4.69. The fraction of sp³-hybridized carbons (Fsp3) is 0.286. The lowest BCUT2D eigenvalue weighted by molar-refractivity contribution is -0.145. The molecule has 33 heavy (non-hydrogen) atoms. The Labute approximate surface area is 193 Å². The number of rotatable bonds is 6. The summed E-state index contributed by atoms with van der Waals surface area (Å²) in [6, 6.07) is 10.6. The highest BCUT2D eigenvalue weighted by Gasteiger charge is 2.36. The number of carbonyl (C=O) groups is 1. The molecule has 0 aliphatic carbocycles. The van der Waals surface area contributed by atoms with E-state index in [1.165, 1.54) is 39.2 Å². The first-order valence-electron chi connectivity index (χ1n) is 9.65. The molecule has 0 aliphatic rings. The topological polar surface area (TPSA) is 92.3 Å². The summed E-state index contributed by atoms with van der Waals surface area (Å²) in [4.78, 5) is 20.1. The van der Waals surface area contributed by atoms with Gasteiger partial charge >= 0.3 is 6.18 Å². The summed E-state index contributed by atoms with van der Waals surface area (Å²) in [5.41, 5.74) is 1.04. The molecule has 0 unspecified atom stereocenters. The van der Waals surface area contributed by atoms with Gasteiger partial charge in [0.2, 0.25) is 21.8 Å². The largest absolute Gasteiger partial charge is 0.451 e. The van der Waals surface area contributed by atoms with Crippen molar-refractivity contribution < 1.29 is 26.4 Å². The van der Waals surface area contributed by atoms with Crippen LogP contribution in [0.25, 0.3) is 10.9 Å². The molecule has 1 atom stereocenters. The summed E-state index contributed by atoms with van der Waals surface area (Å²) in [6.07, 6.45) is -4.74. The standard InChI is InChI=1S/C21H21F3N4O3S2/c1-12-9-10-14(33(30,31)28(3)4)11-17(12)25-18(29)13(2)32-19-15-7-5-6-8-16(15)26-20(27-19)21(22,23)24/h5-11,13H,1-4H3,(H,25,29)/t13-/m0/s1. The number of nitrogens with one attached hydrogen (secondary N) is 1. The van der Waals surface area contributed by atoms with Crippen LogP contribution in [0.3, 0.4) is 0 Å². The number of nitrogens with zero attached hydrogens (tertiary/aromatic N) is 3. The number of halogens is 3. The molecule has 0 saturated carbocycles. The van der Waals surface area contributed by atoms with Crippen LogP contribution in [0, 0.1) is 6.92 Å². The van der Waals surface area contributed by atoms with Crippen LogP contribution < -0.4 is 5.32 Å². The molecule has 0 bridgehead atoms. The summed E-state index contributed by atoms with van der Waals surface area (Å²) in [7, 11) is -0.918. The van der Waals surface area contributed by atoms with Crippen molar-refractivity contribution in [3.8, 4) is 0 Å². The molecule has 2 aromatic carbocycles. The van der Waals surface area contributed by atoms with Crippen molar-refractivity contribution >= 4 is 44.3 Å². The van der Waals surface area contributed by atoms with Gasteiger partial charge in [-0.2, -0.15) is 13.2 Å². The van der Waals surface area contributed by atoms with E-state index >= 15 is 0 Å². The number of hydrogen-bond donors (Lipinski definition) is 1. The van der Waals surface area contributed by atoms with Gasteiger partial charge in [-0.15, -0.1) is 0 Å². The third kappa shape index (κ3) is 5.45. The molecule has 7 nitrogen and oxygen atoms in total. The van der Waals surface area contributed by atoms with Crippen LogP contribution in [0.5, 0.6) is 0 Å². The maximum Gasteiger partial charge on any atom is 0.451 e. The monoisotopic (exact) mass is 498 g/mol. The zero-order valence-corrected chi connectivity index (χ0v) is 19.8.